The van der Waals surface area contributed by atoms with E-state index in [1.807, 2.05) is 12.3 Å². The number of rotatable bonds is 2. The van der Waals surface area contributed by atoms with E-state index in [4.69, 9.17) is 0 Å². The number of nitrogens with zero attached hydrogens (tertiary/aromatic N) is 4. The maximum absolute atomic E-state index is 4.16. The van der Waals surface area contributed by atoms with Crippen LogP contribution in [0.15, 0.2) is 30.9 Å². The van der Waals surface area contributed by atoms with E-state index in [-0.39, 0.29) is 5.54 Å². The molecule has 0 saturated heterocycles. The Balaban J connectivity index is 2.26. The van der Waals surface area contributed by atoms with Crippen LogP contribution >= 0.6 is 0 Å². The van der Waals surface area contributed by atoms with Crippen molar-refractivity contribution in [3.63, 3.8) is 0 Å². The maximum Gasteiger partial charge on any atom is 0.137 e. The molecule has 4 heteroatoms. The van der Waals surface area contributed by atoms with Gasteiger partial charge < -0.3 is 4.57 Å². The molecule has 0 N–H and O–H groups in total. The van der Waals surface area contributed by atoms with Crippen LogP contribution < -0.4 is 0 Å². The van der Waals surface area contributed by atoms with Gasteiger partial charge in [0.05, 0.1) is 0 Å². The Hall–Kier alpha value is -1.71. The van der Waals surface area contributed by atoms with Crippen LogP contribution in [0.1, 0.15) is 32.2 Å². The van der Waals surface area contributed by atoms with E-state index in [1.165, 1.54) is 0 Å². The molecule has 16 heavy (non-hydrogen) atoms. The van der Waals surface area contributed by atoms with Gasteiger partial charge in [-0.3, -0.25) is 4.98 Å². The summed E-state index contributed by atoms with van der Waals surface area (Å²) in [7, 11) is 0. The van der Waals surface area contributed by atoms with Crippen molar-refractivity contribution in [1.29, 1.82) is 0 Å². The minimum atomic E-state index is 0.0149. The molecule has 2 aromatic rings. The van der Waals surface area contributed by atoms with Crippen molar-refractivity contribution in [2.75, 3.05) is 0 Å². The molecule has 0 unspecified atom stereocenters. The lowest BCUT2D eigenvalue weighted by Crippen LogP contribution is -2.23. The Morgan fingerprint density at radius 3 is 2.75 bits per heavy atom. The summed E-state index contributed by atoms with van der Waals surface area (Å²) < 4.78 is 2.10. The van der Waals surface area contributed by atoms with Gasteiger partial charge in [-0.2, -0.15) is 0 Å². The molecule has 4 nitrogen and oxygen atoms in total. The number of hydrogen-bond acceptors (Lipinski definition) is 3. The Bertz CT molecular complexity index is 453. The molecule has 0 spiro atoms. The van der Waals surface area contributed by atoms with E-state index in [0.29, 0.717) is 0 Å². The van der Waals surface area contributed by atoms with E-state index in [2.05, 4.69) is 46.6 Å². The molecular weight excluding hydrogens is 200 g/mol. The zero-order valence-corrected chi connectivity index (χ0v) is 9.88. The second-order valence-electron chi connectivity index (χ2n) is 4.83. The average Bonchev–Trinajstić information content (AvgIpc) is 2.67. The van der Waals surface area contributed by atoms with Crippen LogP contribution in [-0.2, 0) is 12.0 Å². The van der Waals surface area contributed by atoms with Crippen molar-refractivity contribution in [2.24, 2.45) is 0 Å². The van der Waals surface area contributed by atoms with Crippen LogP contribution in [0.4, 0.5) is 0 Å². The molecule has 0 bridgehead atoms. The van der Waals surface area contributed by atoms with Gasteiger partial charge in [-0.1, -0.05) is 6.07 Å². The molecule has 0 aliphatic rings. The van der Waals surface area contributed by atoms with Crippen molar-refractivity contribution < 1.29 is 0 Å². The second kappa shape index (κ2) is 4.04. The monoisotopic (exact) mass is 216 g/mol. The van der Waals surface area contributed by atoms with Gasteiger partial charge in [-0.05, 0) is 32.4 Å². The van der Waals surface area contributed by atoms with Crippen molar-refractivity contribution in [2.45, 2.75) is 32.7 Å². The van der Waals surface area contributed by atoms with Crippen LogP contribution in [-0.4, -0.2) is 19.7 Å². The number of hydrogen-bond donors (Lipinski definition) is 0. The summed E-state index contributed by atoms with van der Waals surface area (Å²) in [5.41, 5.74) is 1.17. The predicted octanol–water partition coefficient (Wildman–Crippen LogP) is 2.02. The molecular formula is C12H16N4. The molecule has 2 heterocycles. The highest BCUT2D eigenvalue weighted by Crippen LogP contribution is 2.16. The predicted molar refractivity (Wildman–Crippen MR) is 62.1 cm³/mol. The van der Waals surface area contributed by atoms with Gasteiger partial charge in [-0.25, -0.2) is 0 Å². The van der Waals surface area contributed by atoms with Crippen LogP contribution in [0.5, 0.6) is 0 Å². The molecule has 0 radical (unpaired) electrons. The van der Waals surface area contributed by atoms with Crippen molar-refractivity contribution in [3.05, 3.63) is 42.2 Å². The molecule has 0 amide bonds. The Kier molecular flexibility index (Phi) is 2.73. The lowest BCUT2D eigenvalue weighted by Gasteiger charge is -2.22. The highest BCUT2D eigenvalue weighted by atomic mass is 15.3. The van der Waals surface area contributed by atoms with Crippen LogP contribution in [0, 0.1) is 0 Å². The third-order valence-electron chi connectivity index (χ3n) is 2.43. The number of pyridine rings is 1. The second-order valence-corrected chi connectivity index (χ2v) is 4.83. The fourth-order valence-electron chi connectivity index (χ4n) is 1.63. The van der Waals surface area contributed by atoms with Crippen LogP contribution in [0.25, 0.3) is 0 Å². The Morgan fingerprint density at radius 2 is 2.12 bits per heavy atom. The smallest absolute Gasteiger partial charge is 0.137 e. The highest BCUT2D eigenvalue weighted by molar-refractivity contribution is 5.14. The first-order valence-electron chi connectivity index (χ1n) is 5.35. The third kappa shape index (κ3) is 2.27. The molecule has 0 aliphatic heterocycles. The molecule has 0 aliphatic carbocycles. The molecule has 2 aromatic heterocycles. The summed E-state index contributed by atoms with van der Waals surface area (Å²) in [4.78, 5) is 4.10. The van der Waals surface area contributed by atoms with Gasteiger partial charge in [-0.15, -0.1) is 10.2 Å². The normalized spacial score (nSPS) is 11.7. The summed E-state index contributed by atoms with van der Waals surface area (Å²) in [6, 6.07) is 3.99. The quantitative estimate of drug-likeness (QED) is 0.771. The fraction of sp³-hybridized carbons (Fsp3) is 0.417. The van der Waals surface area contributed by atoms with E-state index >= 15 is 0 Å². The first-order valence-corrected chi connectivity index (χ1v) is 5.35. The van der Waals surface area contributed by atoms with Crippen molar-refractivity contribution in [1.82, 2.24) is 19.7 Å². The zero-order valence-electron chi connectivity index (χ0n) is 9.88. The molecule has 2 rings (SSSR count). The van der Waals surface area contributed by atoms with E-state index < -0.39 is 0 Å². The lowest BCUT2D eigenvalue weighted by atomic mass is 10.1. The molecule has 0 atom stereocenters. The van der Waals surface area contributed by atoms with Gasteiger partial charge >= 0.3 is 0 Å². The lowest BCUT2D eigenvalue weighted by molar-refractivity contribution is 0.384. The van der Waals surface area contributed by atoms with Gasteiger partial charge in [0.2, 0.25) is 0 Å². The largest absolute Gasteiger partial charge is 0.312 e. The van der Waals surface area contributed by atoms with E-state index in [0.717, 1.165) is 17.8 Å². The Labute approximate surface area is 95.4 Å². The summed E-state index contributed by atoms with van der Waals surface area (Å²) in [5.74, 6) is 0.973. The van der Waals surface area contributed by atoms with E-state index in [9.17, 15) is 0 Å². The first-order chi connectivity index (χ1) is 7.57. The average molecular weight is 216 g/mol. The van der Waals surface area contributed by atoms with Gasteiger partial charge in [0.15, 0.2) is 0 Å². The van der Waals surface area contributed by atoms with Gasteiger partial charge in [0, 0.05) is 24.4 Å². The summed E-state index contributed by atoms with van der Waals surface area (Å²) in [6.45, 7) is 6.43. The summed E-state index contributed by atoms with van der Waals surface area (Å²) in [5, 5.41) is 8.14. The Morgan fingerprint density at radius 1 is 1.31 bits per heavy atom. The van der Waals surface area contributed by atoms with Gasteiger partial charge in [0.1, 0.15) is 12.2 Å². The number of aromatic nitrogens is 4. The minimum absolute atomic E-state index is 0.0149. The minimum Gasteiger partial charge on any atom is -0.312 e. The fourth-order valence-corrected chi connectivity index (χ4v) is 1.63. The van der Waals surface area contributed by atoms with E-state index in [1.54, 1.807) is 12.5 Å². The molecule has 0 aromatic carbocycles. The standard InChI is InChI=1S/C12H16N4/c1-12(2,3)16-9-14-15-11(16)7-10-5-4-6-13-8-10/h4-6,8-9H,7H2,1-3H3. The van der Waals surface area contributed by atoms with Crippen LogP contribution in [0.2, 0.25) is 0 Å². The maximum atomic E-state index is 4.16. The SMILES string of the molecule is CC(C)(C)n1cnnc1Cc1cccnc1. The zero-order chi connectivity index (χ0) is 11.6. The van der Waals surface area contributed by atoms with Crippen LogP contribution in [0.3, 0.4) is 0 Å². The molecule has 0 saturated carbocycles. The molecule has 0 fully saturated rings. The summed E-state index contributed by atoms with van der Waals surface area (Å²) >= 11 is 0. The molecule has 84 valence electrons. The van der Waals surface area contributed by atoms with Gasteiger partial charge in [0.25, 0.3) is 0 Å². The highest BCUT2D eigenvalue weighted by Gasteiger charge is 2.17. The third-order valence-corrected chi connectivity index (χ3v) is 2.43. The first kappa shape index (κ1) is 10.8. The topological polar surface area (TPSA) is 43.6 Å². The van der Waals surface area contributed by atoms with Crippen molar-refractivity contribution >= 4 is 0 Å². The van der Waals surface area contributed by atoms with Crippen molar-refractivity contribution in [3.8, 4) is 0 Å². The summed E-state index contributed by atoms with van der Waals surface area (Å²) in [6.07, 6.45) is 6.19.